The highest BCUT2D eigenvalue weighted by Gasteiger charge is 2.33. The molecule has 9 nitrogen and oxygen atoms in total. The van der Waals surface area contributed by atoms with Gasteiger partial charge in [0.1, 0.15) is 11.7 Å². The van der Waals surface area contributed by atoms with E-state index in [1.54, 1.807) is 46.1 Å². The highest BCUT2D eigenvalue weighted by Crippen LogP contribution is 2.13. The van der Waals surface area contributed by atoms with Gasteiger partial charge < -0.3 is 10.2 Å². The molecule has 0 bridgehead atoms. The fraction of sp³-hybridized carbons (Fsp3) is 0.476. The molecule has 1 aliphatic heterocycles. The van der Waals surface area contributed by atoms with Gasteiger partial charge in [-0.2, -0.15) is 5.10 Å². The minimum absolute atomic E-state index is 0.00817. The molecule has 2 aromatic rings. The van der Waals surface area contributed by atoms with Crippen LogP contribution in [0.4, 0.5) is 0 Å². The number of hydrogen-bond acceptors (Lipinski definition) is 6. The van der Waals surface area contributed by atoms with Crippen molar-refractivity contribution in [1.29, 1.82) is 0 Å². The number of nitrogens with zero attached hydrogens (tertiary/aromatic N) is 4. The molecule has 0 aliphatic carbocycles. The van der Waals surface area contributed by atoms with Gasteiger partial charge in [0, 0.05) is 38.9 Å². The number of likely N-dealkylation sites (N-methyl/N-ethyl adjacent to an activating group) is 1. The van der Waals surface area contributed by atoms with Crippen LogP contribution >= 0.6 is 0 Å². The standard InChI is InChI=1S/C21H29N5O4S/c1-4-26-11-9-18(23-26)21(28)25-13-12-24(3)19(15-25)20(27)22-10-14-31(29,30)17-7-5-16(2)6-8-17/h5-9,11,19H,4,10,12-15H2,1-3H3,(H,22,27). The van der Waals surface area contributed by atoms with Crippen molar-refractivity contribution >= 4 is 21.7 Å². The average Bonchev–Trinajstić information content (AvgIpc) is 3.23. The molecule has 1 aromatic carbocycles. The van der Waals surface area contributed by atoms with Crippen molar-refractivity contribution in [1.82, 2.24) is 24.9 Å². The van der Waals surface area contributed by atoms with Gasteiger partial charge in [0.05, 0.1) is 10.6 Å². The minimum Gasteiger partial charge on any atom is -0.354 e. The van der Waals surface area contributed by atoms with E-state index in [9.17, 15) is 18.0 Å². The van der Waals surface area contributed by atoms with Crippen LogP contribution in [0.25, 0.3) is 0 Å². The zero-order valence-electron chi connectivity index (χ0n) is 18.1. The smallest absolute Gasteiger partial charge is 0.274 e. The van der Waals surface area contributed by atoms with Crippen LogP contribution in [0.3, 0.4) is 0 Å². The van der Waals surface area contributed by atoms with Crippen molar-refractivity contribution in [3.63, 3.8) is 0 Å². The Kier molecular flexibility index (Phi) is 7.11. The van der Waals surface area contributed by atoms with Crippen LogP contribution in [0, 0.1) is 6.92 Å². The van der Waals surface area contributed by atoms with E-state index in [-0.39, 0.29) is 35.6 Å². The van der Waals surface area contributed by atoms with Crippen molar-refractivity contribution in [2.75, 3.05) is 39.0 Å². The number of hydrogen-bond donors (Lipinski definition) is 1. The number of benzene rings is 1. The van der Waals surface area contributed by atoms with Crippen molar-refractivity contribution in [2.45, 2.75) is 31.3 Å². The van der Waals surface area contributed by atoms with Gasteiger partial charge in [-0.05, 0) is 39.1 Å². The number of piperazine rings is 1. The topological polar surface area (TPSA) is 105 Å². The Labute approximate surface area is 182 Å². The van der Waals surface area contributed by atoms with E-state index < -0.39 is 15.9 Å². The molecule has 1 fully saturated rings. The molecule has 2 amide bonds. The number of carbonyl (C=O) groups is 2. The van der Waals surface area contributed by atoms with Crippen LogP contribution in [-0.2, 0) is 21.2 Å². The van der Waals surface area contributed by atoms with Crippen LogP contribution in [0.1, 0.15) is 23.0 Å². The number of carbonyl (C=O) groups excluding carboxylic acids is 2. The maximum absolute atomic E-state index is 12.8. The van der Waals surface area contributed by atoms with Crippen LogP contribution in [0.2, 0.25) is 0 Å². The SMILES string of the molecule is CCn1ccc(C(=O)N2CCN(C)C(C(=O)NCCS(=O)(=O)c3ccc(C)cc3)C2)n1. The molecule has 3 rings (SSSR count). The van der Waals surface area contributed by atoms with Crippen LogP contribution < -0.4 is 5.32 Å². The first-order valence-corrected chi connectivity index (χ1v) is 12.0. The van der Waals surface area contributed by atoms with Gasteiger partial charge in [-0.3, -0.25) is 19.2 Å². The molecule has 31 heavy (non-hydrogen) atoms. The van der Waals surface area contributed by atoms with Crippen molar-refractivity contribution in [3.05, 3.63) is 47.8 Å². The van der Waals surface area contributed by atoms with Gasteiger partial charge >= 0.3 is 0 Å². The lowest BCUT2D eigenvalue weighted by atomic mass is 10.1. The summed E-state index contributed by atoms with van der Waals surface area (Å²) in [7, 11) is -1.66. The van der Waals surface area contributed by atoms with E-state index in [2.05, 4.69) is 10.4 Å². The lowest BCUT2D eigenvalue weighted by Crippen LogP contribution is -2.59. The molecule has 2 heterocycles. The fourth-order valence-electron chi connectivity index (χ4n) is 3.44. The molecular formula is C21H29N5O4S. The average molecular weight is 448 g/mol. The second-order valence-corrected chi connectivity index (χ2v) is 9.84. The molecule has 168 valence electrons. The Balaban J connectivity index is 1.57. The zero-order chi connectivity index (χ0) is 22.6. The summed E-state index contributed by atoms with van der Waals surface area (Å²) in [6.45, 7) is 5.78. The largest absolute Gasteiger partial charge is 0.354 e. The first kappa shape index (κ1) is 23.0. The molecule has 1 aromatic heterocycles. The number of aryl methyl sites for hydroxylation is 2. The Morgan fingerprint density at radius 2 is 1.87 bits per heavy atom. The molecule has 1 unspecified atom stereocenters. The normalized spacial score (nSPS) is 17.5. The second kappa shape index (κ2) is 9.61. The van der Waals surface area contributed by atoms with E-state index in [4.69, 9.17) is 0 Å². The number of sulfone groups is 1. The molecule has 1 atom stereocenters. The first-order valence-electron chi connectivity index (χ1n) is 10.3. The van der Waals surface area contributed by atoms with E-state index in [1.807, 2.05) is 25.8 Å². The maximum atomic E-state index is 12.8. The minimum atomic E-state index is -3.48. The first-order chi connectivity index (χ1) is 14.7. The van der Waals surface area contributed by atoms with Crippen molar-refractivity contribution < 1.29 is 18.0 Å². The summed E-state index contributed by atoms with van der Waals surface area (Å²) in [4.78, 5) is 29.2. The summed E-state index contributed by atoms with van der Waals surface area (Å²) in [5.41, 5.74) is 1.34. The van der Waals surface area contributed by atoms with Gasteiger partial charge in [0.25, 0.3) is 5.91 Å². The molecule has 0 radical (unpaired) electrons. The monoisotopic (exact) mass is 447 g/mol. The second-order valence-electron chi connectivity index (χ2n) is 7.73. The Morgan fingerprint density at radius 1 is 1.16 bits per heavy atom. The van der Waals surface area contributed by atoms with Crippen molar-refractivity contribution in [3.8, 4) is 0 Å². The van der Waals surface area contributed by atoms with Gasteiger partial charge in [-0.15, -0.1) is 0 Å². The number of aromatic nitrogens is 2. The third-order valence-corrected chi connectivity index (χ3v) is 7.20. The van der Waals surface area contributed by atoms with Crippen LogP contribution in [0.5, 0.6) is 0 Å². The Bertz CT molecular complexity index is 1030. The van der Waals surface area contributed by atoms with E-state index >= 15 is 0 Å². The third kappa shape index (κ3) is 5.50. The zero-order valence-corrected chi connectivity index (χ0v) is 18.9. The predicted octanol–water partition coefficient (Wildman–Crippen LogP) is 0.558. The van der Waals surface area contributed by atoms with E-state index in [0.29, 0.717) is 25.3 Å². The predicted molar refractivity (Wildman–Crippen MR) is 116 cm³/mol. The summed E-state index contributed by atoms with van der Waals surface area (Å²) in [5, 5.41) is 6.96. The van der Waals surface area contributed by atoms with E-state index in [0.717, 1.165) is 5.56 Å². The summed E-state index contributed by atoms with van der Waals surface area (Å²) < 4.78 is 26.6. The highest BCUT2D eigenvalue weighted by atomic mass is 32.2. The lowest BCUT2D eigenvalue weighted by Gasteiger charge is -2.38. The number of amides is 2. The summed E-state index contributed by atoms with van der Waals surface area (Å²) in [5.74, 6) is -0.687. The van der Waals surface area contributed by atoms with Gasteiger partial charge in [-0.1, -0.05) is 17.7 Å². The number of nitrogens with one attached hydrogen (secondary N) is 1. The van der Waals surface area contributed by atoms with Crippen LogP contribution in [0.15, 0.2) is 41.4 Å². The van der Waals surface area contributed by atoms with Gasteiger partial charge in [0.15, 0.2) is 9.84 Å². The summed E-state index contributed by atoms with van der Waals surface area (Å²) >= 11 is 0. The highest BCUT2D eigenvalue weighted by molar-refractivity contribution is 7.91. The van der Waals surface area contributed by atoms with Crippen molar-refractivity contribution in [2.24, 2.45) is 0 Å². The maximum Gasteiger partial charge on any atom is 0.274 e. The molecule has 0 spiro atoms. The third-order valence-electron chi connectivity index (χ3n) is 5.47. The Morgan fingerprint density at radius 3 is 2.52 bits per heavy atom. The lowest BCUT2D eigenvalue weighted by molar-refractivity contribution is -0.127. The van der Waals surface area contributed by atoms with Gasteiger partial charge in [-0.25, -0.2) is 8.42 Å². The summed E-state index contributed by atoms with van der Waals surface area (Å²) in [6.07, 6.45) is 1.75. The molecule has 1 saturated heterocycles. The fourth-order valence-corrected chi connectivity index (χ4v) is 4.60. The van der Waals surface area contributed by atoms with E-state index in [1.165, 1.54) is 0 Å². The molecule has 10 heteroatoms. The van der Waals surface area contributed by atoms with Gasteiger partial charge in [0.2, 0.25) is 5.91 Å². The Hall–Kier alpha value is -2.72. The molecule has 1 aliphatic rings. The quantitative estimate of drug-likeness (QED) is 0.665. The van der Waals surface area contributed by atoms with Crippen LogP contribution in [-0.4, -0.2) is 84.8 Å². The molecular weight excluding hydrogens is 418 g/mol. The molecule has 1 N–H and O–H groups in total. The summed E-state index contributed by atoms with van der Waals surface area (Å²) in [6, 6.07) is 7.77. The molecule has 0 saturated carbocycles. The number of rotatable bonds is 7.